The van der Waals surface area contributed by atoms with Crippen LogP contribution in [0.5, 0.6) is 11.5 Å². The molecule has 7 heteroatoms. The van der Waals surface area contributed by atoms with Gasteiger partial charge in [0.2, 0.25) is 0 Å². The van der Waals surface area contributed by atoms with E-state index in [4.69, 9.17) is 15.3 Å². The lowest BCUT2D eigenvalue weighted by molar-refractivity contribution is 0.0953. The summed E-state index contributed by atoms with van der Waals surface area (Å²) in [6.07, 6.45) is 4.91. The van der Waals surface area contributed by atoms with Gasteiger partial charge in [0.1, 0.15) is 0 Å². The molecule has 1 heterocycles. The highest BCUT2D eigenvalue weighted by Gasteiger charge is 2.30. The molecule has 0 bridgehead atoms. The molecule has 1 aliphatic carbocycles. The van der Waals surface area contributed by atoms with Crippen LogP contribution in [0.3, 0.4) is 0 Å². The number of nitrogens with two attached hydrogens (primary N) is 1. The molecule has 2 amide bonds. The summed E-state index contributed by atoms with van der Waals surface area (Å²) in [6.45, 7) is 1.10. The van der Waals surface area contributed by atoms with Crippen LogP contribution in [0.2, 0.25) is 0 Å². The van der Waals surface area contributed by atoms with E-state index in [1.807, 2.05) is 18.2 Å². The fourth-order valence-corrected chi connectivity index (χ4v) is 4.06. The van der Waals surface area contributed by atoms with E-state index < -0.39 is 5.91 Å². The van der Waals surface area contributed by atoms with Crippen LogP contribution in [0.15, 0.2) is 36.4 Å². The fourth-order valence-electron chi connectivity index (χ4n) is 4.06. The maximum atomic E-state index is 13.0. The number of carbonyl (C=O) groups excluding carboxylic acids is 2. The van der Waals surface area contributed by atoms with E-state index in [-0.39, 0.29) is 5.91 Å². The van der Waals surface area contributed by atoms with Crippen molar-refractivity contribution in [2.75, 3.05) is 18.6 Å². The van der Waals surface area contributed by atoms with E-state index >= 15 is 0 Å². The van der Waals surface area contributed by atoms with Crippen molar-refractivity contribution in [2.45, 2.75) is 32.2 Å². The molecule has 1 aliphatic heterocycles. The third-order valence-electron chi connectivity index (χ3n) is 5.72. The number of carbonyl (C=O) groups is 2. The van der Waals surface area contributed by atoms with Crippen molar-refractivity contribution in [3.05, 3.63) is 53.1 Å². The highest BCUT2D eigenvalue weighted by atomic mass is 16.5. The number of anilines is 1. The topological polar surface area (TPSA) is 93.9 Å². The number of benzene rings is 2. The van der Waals surface area contributed by atoms with Gasteiger partial charge < -0.3 is 14.4 Å². The first-order chi connectivity index (χ1) is 14.1. The number of nitrogens with zero attached hydrogens (tertiary/aromatic N) is 1. The molecule has 4 rings (SSSR count). The predicted molar refractivity (Wildman–Crippen MR) is 109 cm³/mol. The predicted octanol–water partition coefficient (Wildman–Crippen LogP) is 3.03. The molecule has 7 nitrogen and oxygen atoms in total. The van der Waals surface area contributed by atoms with Crippen molar-refractivity contribution >= 4 is 17.5 Å². The van der Waals surface area contributed by atoms with Gasteiger partial charge in [-0.1, -0.05) is 18.9 Å². The molecular formula is C22H25N3O4. The van der Waals surface area contributed by atoms with Crippen LogP contribution in [0.4, 0.5) is 5.69 Å². The maximum absolute atomic E-state index is 13.0. The molecule has 2 aromatic rings. The number of nitrogens with one attached hydrogen (secondary N) is 1. The van der Waals surface area contributed by atoms with Crippen LogP contribution in [0, 0.1) is 5.92 Å². The summed E-state index contributed by atoms with van der Waals surface area (Å²) in [5.74, 6) is 6.49. The number of nitrogen functional groups attached to an aromatic ring is 1. The van der Waals surface area contributed by atoms with Gasteiger partial charge >= 0.3 is 0 Å². The number of amides is 2. The van der Waals surface area contributed by atoms with Crippen molar-refractivity contribution in [3.63, 3.8) is 0 Å². The molecule has 0 atom stereocenters. The summed E-state index contributed by atoms with van der Waals surface area (Å²) in [6, 6.07) is 10.6. The highest BCUT2D eigenvalue weighted by molar-refractivity contribution is 6.11. The van der Waals surface area contributed by atoms with Crippen molar-refractivity contribution in [3.8, 4) is 11.5 Å². The van der Waals surface area contributed by atoms with Crippen LogP contribution < -0.4 is 25.6 Å². The van der Waals surface area contributed by atoms with Crippen LogP contribution in [-0.4, -0.2) is 25.5 Å². The van der Waals surface area contributed by atoms with Gasteiger partial charge in [0.15, 0.2) is 11.5 Å². The standard InChI is InChI=1S/C22H25N3O4/c1-28-19-9-8-17(11-20(19)29-13-14-4-2-3-5-14)25-12-16-7-6-15(21(26)24-23)10-18(16)22(25)27/h6-11,14H,2-5,12-13,23H2,1H3,(H,24,26). The Morgan fingerprint density at radius 2 is 1.97 bits per heavy atom. The molecule has 2 aromatic carbocycles. The van der Waals surface area contributed by atoms with Crippen molar-refractivity contribution < 1.29 is 19.1 Å². The van der Waals surface area contributed by atoms with Gasteiger partial charge in [0.05, 0.1) is 20.3 Å². The molecule has 0 radical (unpaired) electrons. The molecule has 0 spiro atoms. The molecule has 152 valence electrons. The monoisotopic (exact) mass is 395 g/mol. The molecule has 1 saturated carbocycles. The van der Waals surface area contributed by atoms with Gasteiger partial charge in [0, 0.05) is 22.9 Å². The Morgan fingerprint density at radius 1 is 1.17 bits per heavy atom. The zero-order valence-corrected chi connectivity index (χ0v) is 16.4. The van der Waals surface area contributed by atoms with E-state index in [1.54, 1.807) is 30.2 Å². The average molecular weight is 395 g/mol. The third kappa shape index (κ3) is 3.78. The second-order valence-electron chi connectivity index (χ2n) is 7.53. The molecule has 1 fully saturated rings. The Kier molecular flexibility index (Phi) is 5.40. The van der Waals surface area contributed by atoms with Crippen molar-refractivity contribution in [2.24, 2.45) is 11.8 Å². The van der Waals surface area contributed by atoms with Crippen molar-refractivity contribution in [1.29, 1.82) is 0 Å². The summed E-state index contributed by atoms with van der Waals surface area (Å²) < 4.78 is 11.5. The molecule has 0 aromatic heterocycles. The van der Waals surface area contributed by atoms with E-state index in [1.165, 1.54) is 25.7 Å². The first-order valence-corrected chi connectivity index (χ1v) is 9.87. The number of fused-ring (bicyclic) bond motifs is 1. The lowest BCUT2D eigenvalue weighted by Crippen LogP contribution is -2.30. The third-order valence-corrected chi connectivity index (χ3v) is 5.72. The van der Waals surface area contributed by atoms with Crippen LogP contribution >= 0.6 is 0 Å². The van der Waals surface area contributed by atoms with Gasteiger partial charge in [-0.25, -0.2) is 5.84 Å². The van der Waals surface area contributed by atoms with Gasteiger partial charge in [-0.2, -0.15) is 0 Å². The Bertz CT molecular complexity index is 938. The van der Waals surface area contributed by atoms with E-state index in [9.17, 15) is 9.59 Å². The highest BCUT2D eigenvalue weighted by Crippen LogP contribution is 2.36. The van der Waals surface area contributed by atoms with Crippen molar-refractivity contribution in [1.82, 2.24) is 5.43 Å². The molecule has 0 saturated heterocycles. The minimum Gasteiger partial charge on any atom is -0.493 e. The van der Waals surface area contributed by atoms with Gasteiger partial charge in [0.25, 0.3) is 11.8 Å². The zero-order chi connectivity index (χ0) is 20.4. The normalized spacial score (nSPS) is 16.1. The summed E-state index contributed by atoms with van der Waals surface area (Å²) >= 11 is 0. The van der Waals surface area contributed by atoms with E-state index in [0.717, 1.165) is 11.3 Å². The average Bonchev–Trinajstić information content (AvgIpc) is 3.39. The lowest BCUT2D eigenvalue weighted by Gasteiger charge is -2.19. The maximum Gasteiger partial charge on any atom is 0.265 e. The second kappa shape index (κ2) is 8.13. The number of hydrazine groups is 1. The smallest absolute Gasteiger partial charge is 0.265 e. The molecule has 2 aliphatic rings. The molecule has 0 unspecified atom stereocenters. The summed E-state index contributed by atoms with van der Waals surface area (Å²) in [5, 5.41) is 0. The number of hydrogen-bond acceptors (Lipinski definition) is 5. The lowest BCUT2D eigenvalue weighted by atomic mass is 10.1. The Morgan fingerprint density at radius 3 is 2.69 bits per heavy atom. The summed E-state index contributed by atoms with van der Waals surface area (Å²) in [4.78, 5) is 26.4. The zero-order valence-electron chi connectivity index (χ0n) is 16.4. The Labute approximate surface area is 169 Å². The number of rotatable bonds is 6. The number of ether oxygens (including phenoxy) is 2. The minimum absolute atomic E-state index is 0.154. The SMILES string of the molecule is COc1ccc(N2Cc3ccc(C(=O)NN)cc3C2=O)cc1OCC1CCCC1. The molecular weight excluding hydrogens is 370 g/mol. The first-order valence-electron chi connectivity index (χ1n) is 9.87. The largest absolute Gasteiger partial charge is 0.493 e. The minimum atomic E-state index is -0.425. The van der Waals surface area contributed by atoms with Gasteiger partial charge in [-0.05, 0) is 48.6 Å². The van der Waals surface area contributed by atoms with Gasteiger partial charge in [-0.15, -0.1) is 0 Å². The number of methoxy groups -OCH3 is 1. The van der Waals surface area contributed by atoms with Crippen LogP contribution in [0.25, 0.3) is 0 Å². The molecule has 29 heavy (non-hydrogen) atoms. The number of hydrogen-bond donors (Lipinski definition) is 2. The Balaban J connectivity index is 1.56. The van der Waals surface area contributed by atoms with E-state index in [2.05, 4.69) is 5.43 Å². The van der Waals surface area contributed by atoms with E-state index in [0.29, 0.717) is 41.7 Å². The Hall–Kier alpha value is -3.06. The van der Waals surface area contributed by atoms with Gasteiger partial charge in [-0.3, -0.25) is 15.0 Å². The second-order valence-corrected chi connectivity index (χ2v) is 7.53. The summed E-state index contributed by atoms with van der Waals surface area (Å²) in [5.41, 5.74) is 4.56. The fraction of sp³-hybridized carbons (Fsp3) is 0.364. The van der Waals surface area contributed by atoms with Crippen LogP contribution in [0.1, 0.15) is 52.0 Å². The van der Waals surface area contributed by atoms with Crippen LogP contribution in [-0.2, 0) is 6.54 Å². The summed E-state index contributed by atoms with van der Waals surface area (Å²) in [7, 11) is 1.61. The first kappa shape index (κ1) is 19.3. The quantitative estimate of drug-likeness (QED) is 0.445. The molecule has 3 N–H and O–H groups in total.